The number of fused-ring (bicyclic) bond motifs is 1. The SMILES string of the molecule is Cc1ccc(C(C(=O)Nc2ccc3ccccc3c2)N(CC#N)C(=O)C(CC(N)=O)NC(=O)OC(C)(C)C)c(C)c1. The van der Waals surface area contributed by atoms with Gasteiger partial charge in [-0.05, 0) is 68.7 Å². The molecule has 41 heavy (non-hydrogen) atoms. The summed E-state index contributed by atoms with van der Waals surface area (Å²) in [5.74, 6) is -2.28. The Morgan fingerprint density at radius 3 is 2.29 bits per heavy atom. The van der Waals surface area contributed by atoms with E-state index in [2.05, 4.69) is 10.6 Å². The van der Waals surface area contributed by atoms with Crippen LogP contribution in [0.3, 0.4) is 0 Å². The third-order valence-corrected chi connectivity index (χ3v) is 6.22. The summed E-state index contributed by atoms with van der Waals surface area (Å²) in [6, 6.07) is 17.6. The third-order valence-electron chi connectivity index (χ3n) is 6.22. The van der Waals surface area contributed by atoms with Gasteiger partial charge in [-0.15, -0.1) is 0 Å². The van der Waals surface area contributed by atoms with Gasteiger partial charge < -0.3 is 26.0 Å². The number of hydrogen-bond acceptors (Lipinski definition) is 6. The third kappa shape index (κ3) is 8.29. The summed E-state index contributed by atoms with van der Waals surface area (Å²) in [5, 5.41) is 16.9. The van der Waals surface area contributed by atoms with Crippen molar-refractivity contribution in [3.8, 4) is 6.07 Å². The predicted octanol–water partition coefficient (Wildman–Crippen LogP) is 4.26. The number of benzene rings is 3. The molecule has 0 heterocycles. The molecule has 214 valence electrons. The van der Waals surface area contributed by atoms with Crippen LogP contribution in [0.1, 0.15) is 49.9 Å². The number of aryl methyl sites for hydroxylation is 2. The van der Waals surface area contributed by atoms with Gasteiger partial charge in [0.05, 0.1) is 12.5 Å². The Morgan fingerprint density at radius 1 is 1.00 bits per heavy atom. The Bertz CT molecular complexity index is 1500. The van der Waals surface area contributed by atoms with Gasteiger partial charge in [-0.2, -0.15) is 5.26 Å². The molecule has 3 aromatic rings. The van der Waals surface area contributed by atoms with E-state index in [1.54, 1.807) is 45.9 Å². The standard InChI is InChI=1S/C31H35N5O5/c1-19-10-13-24(20(2)16-19)27(28(38)34-23-12-11-21-8-6-7-9-22(21)17-23)36(15-14-32)29(39)25(18-26(33)37)35-30(40)41-31(3,4)5/h6-13,16-17,25,27H,15,18H2,1-5H3,(H2,33,37)(H,34,38)(H,35,40). The lowest BCUT2D eigenvalue weighted by molar-refractivity contribution is -0.141. The molecule has 4 N–H and O–H groups in total. The molecule has 0 aliphatic rings. The summed E-state index contributed by atoms with van der Waals surface area (Å²) in [7, 11) is 0. The van der Waals surface area contributed by atoms with E-state index in [1.807, 2.05) is 55.5 Å². The molecule has 3 rings (SSSR count). The molecule has 0 aliphatic carbocycles. The average Bonchev–Trinajstić information content (AvgIpc) is 2.87. The number of ether oxygens (including phenoxy) is 1. The Labute approximate surface area is 239 Å². The number of anilines is 1. The fourth-order valence-corrected chi connectivity index (χ4v) is 4.48. The molecular formula is C31H35N5O5. The molecule has 0 fully saturated rings. The van der Waals surface area contributed by atoms with Gasteiger partial charge in [-0.25, -0.2) is 4.79 Å². The van der Waals surface area contributed by atoms with Crippen molar-refractivity contribution in [2.24, 2.45) is 5.73 Å². The van der Waals surface area contributed by atoms with E-state index in [0.29, 0.717) is 16.8 Å². The second kappa shape index (κ2) is 13.0. The Kier molecular flexibility index (Phi) is 9.68. The molecule has 0 saturated heterocycles. The lowest BCUT2D eigenvalue weighted by Gasteiger charge is -2.33. The van der Waals surface area contributed by atoms with E-state index >= 15 is 0 Å². The molecule has 0 radical (unpaired) electrons. The summed E-state index contributed by atoms with van der Waals surface area (Å²) >= 11 is 0. The summed E-state index contributed by atoms with van der Waals surface area (Å²) in [6.07, 6.45) is -1.51. The van der Waals surface area contributed by atoms with Gasteiger partial charge in [0.1, 0.15) is 24.2 Å². The average molecular weight is 558 g/mol. The van der Waals surface area contributed by atoms with Crippen molar-refractivity contribution >= 4 is 40.3 Å². The molecule has 4 amide bonds. The first-order valence-corrected chi connectivity index (χ1v) is 13.1. The fourth-order valence-electron chi connectivity index (χ4n) is 4.48. The van der Waals surface area contributed by atoms with Crippen molar-refractivity contribution in [1.29, 1.82) is 5.26 Å². The number of rotatable bonds is 9. The first kappa shape index (κ1) is 30.6. The zero-order valence-electron chi connectivity index (χ0n) is 23.9. The van der Waals surface area contributed by atoms with E-state index in [1.165, 1.54) is 0 Å². The number of nitrogens with zero attached hydrogens (tertiary/aromatic N) is 2. The largest absolute Gasteiger partial charge is 0.444 e. The van der Waals surface area contributed by atoms with Crippen LogP contribution in [0, 0.1) is 25.2 Å². The molecule has 10 heteroatoms. The highest BCUT2D eigenvalue weighted by molar-refractivity contribution is 6.01. The fraction of sp³-hybridized carbons (Fsp3) is 0.323. The second-order valence-electron chi connectivity index (χ2n) is 10.8. The van der Waals surface area contributed by atoms with Gasteiger partial charge in [0, 0.05) is 5.69 Å². The van der Waals surface area contributed by atoms with Gasteiger partial charge in [-0.1, -0.05) is 54.1 Å². The Hall–Kier alpha value is -4.91. The molecule has 3 aromatic carbocycles. The van der Waals surface area contributed by atoms with Gasteiger partial charge in [-0.3, -0.25) is 14.4 Å². The normalized spacial score (nSPS) is 12.5. The van der Waals surface area contributed by atoms with E-state index < -0.39 is 54.5 Å². The van der Waals surface area contributed by atoms with Crippen LogP contribution in [0.2, 0.25) is 0 Å². The first-order chi connectivity index (χ1) is 19.3. The summed E-state index contributed by atoms with van der Waals surface area (Å²) in [4.78, 5) is 53.3. The van der Waals surface area contributed by atoms with Crippen LogP contribution in [0.4, 0.5) is 10.5 Å². The summed E-state index contributed by atoms with van der Waals surface area (Å²) in [6.45, 7) is 8.12. The molecule has 10 nitrogen and oxygen atoms in total. The first-order valence-electron chi connectivity index (χ1n) is 13.1. The van der Waals surface area contributed by atoms with Crippen molar-refractivity contribution in [3.05, 3.63) is 77.4 Å². The molecule has 0 bridgehead atoms. The molecular weight excluding hydrogens is 522 g/mol. The minimum Gasteiger partial charge on any atom is -0.444 e. The minimum absolute atomic E-state index is 0.479. The number of nitrogens with one attached hydrogen (secondary N) is 2. The van der Waals surface area contributed by atoms with Crippen molar-refractivity contribution in [2.45, 2.75) is 58.7 Å². The number of alkyl carbamates (subject to hydrolysis) is 1. The van der Waals surface area contributed by atoms with Crippen molar-refractivity contribution in [2.75, 3.05) is 11.9 Å². The molecule has 0 spiro atoms. The van der Waals surface area contributed by atoms with E-state index in [9.17, 15) is 24.4 Å². The van der Waals surface area contributed by atoms with Crippen LogP contribution in [-0.2, 0) is 19.1 Å². The van der Waals surface area contributed by atoms with Crippen LogP contribution < -0.4 is 16.4 Å². The number of nitrogens with two attached hydrogens (primary N) is 1. The zero-order valence-corrected chi connectivity index (χ0v) is 23.9. The van der Waals surface area contributed by atoms with E-state index in [-0.39, 0.29) is 0 Å². The summed E-state index contributed by atoms with van der Waals surface area (Å²) in [5.41, 5.74) is 7.15. The quantitative estimate of drug-likeness (QED) is 0.334. The molecule has 0 aliphatic heterocycles. The van der Waals surface area contributed by atoms with E-state index in [0.717, 1.165) is 21.2 Å². The number of nitriles is 1. The highest BCUT2D eigenvalue weighted by atomic mass is 16.6. The van der Waals surface area contributed by atoms with Crippen molar-refractivity contribution in [3.63, 3.8) is 0 Å². The van der Waals surface area contributed by atoms with Crippen molar-refractivity contribution < 1.29 is 23.9 Å². The topological polar surface area (TPSA) is 155 Å². The number of amides is 4. The minimum atomic E-state index is -1.47. The van der Waals surface area contributed by atoms with Gasteiger partial charge >= 0.3 is 6.09 Å². The predicted molar refractivity (Wildman–Crippen MR) is 156 cm³/mol. The molecule has 2 unspecified atom stereocenters. The Morgan fingerprint density at radius 2 is 1.68 bits per heavy atom. The second-order valence-corrected chi connectivity index (χ2v) is 10.8. The smallest absolute Gasteiger partial charge is 0.408 e. The zero-order chi connectivity index (χ0) is 30.3. The number of carbonyl (C=O) groups excluding carboxylic acids is 4. The van der Waals surface area contributed by atoms with Gasteiger partial charge in [0.25, 0.3) is 5.91 Å². The highest BCUT2D eigenvalue weighted by Gasteiger charge is 2.37. The Balaban J connectivity index is 2.05. The van der Waals surface area contributed by atoms with Crippen LogP contribution in [0.25, 0.3) is 10.8 Å². The van der Waals surface area contributed by atoms with Crippen LogP contribution in [-0.4, -0.2) is 46.9 Å². The molecule has 0 aromatic heterocycles. The maximum atomic E-state index is 13.9. The molecule has 2 atom stereocenters. The number of primary amides is 1. The van der Waals surface area contributed by atoms with Crippen LogP contribution in [0.5, 0.6) is 0 Å². The number of hydrogen-bond donors (Lipinski definition) is 3. The van der Waals surface area contributed by atoms with Crippen LogP contribution >= 0.6 is 0 Å². The maximum Gasteiger partial charge on any atom is 0.408 e. The van der Waals surface area contributed by atoms with Gasteiger partial charge in [0.2, 0.25) is 11.8 Å². The summed E-state index contributed by atoms with van der Waals surface area (Å²) < 4.78 is 5.26. The lowest BCUT2D eigenvalue weighted by Crippen LogP contribution is -2.53. The van der Waals surface area contributed by atoms with Gasteiger partial charge in [0.15, 0.2) is 0 Å². The van der Waals surface area contributed by atoms with Crippen LogP contribution in [0.15, 0.2) is 60.7 Å². The van der Waals surface area contributed by atoms with E-state index in [4.69, 9.17) is 10.5 Å². The number of carbonyl (C=O) groups is 4. The monoisotopic (exact) mass is 557 g/mol. The maximum absolute atomic E-state index is 13.9. The van der Waals surface area contributed by atoms with Crippen molar-refractivity contribution in [1.82, 2.24) is 10.2 Å². The molecule has 0 saturated carbocycles. The lowest BCUT2D eigenvalue weighted by atomic mass is 9.96. The highest BCUT2D eigenvalue weighted by Crippen LogP contribution is 2.28.